The number of fused-ring (bicyclic) bond motifs is 1. The first-order chi connectivity index (χ1) is 13.7. The second-order valence-electron chi connectivity index (χ2n) is 6.69. The smallest absolute Gasteiger partial charge is 0.255 e. The van der Waals surface area contributed by atoms with Crippen LogP contribution in [0.5, 0.6) is 11.8 Å². The van der Waals surface area contributed by atoms with Gasteiger partial charge < -0.3 is 14.5 Å². The van der Waals surface area contributed by atoms with Crippen LogP contribution in [0.4, 0.5) is 0 Å². The predicted molar refractivity (Wildman–Crippen MR) is 105 cm³/mol. The van der Waals surface area contributed by atoms with Crippen LogP contribution in [-0.4, -0.2) is 40.6 Å². The second kappa shape index (κ2) is 7.82. The topological polar surface area (TPSA) is 80.3 Å². The highest BCUT2D eigenvalue weighted by Gasteiger charge is 2.22. The molecule has 1 aromatic carbocycles. The van der Waals surface area contributed by atoms with E-state index in [1.165, 1.54) is 0 Å². The average molecular weight is 378 g/mol. The Morgan fingerprint density at radius 1 is 1.07 bits per heavy atom. The van der Waals surface area contributed by atoms with Crippen molar-refractivity contribution in [2.75, 3.05) is 20.8 Å². The lowest BCUT2D eigenvalue weighted by Crippen LogP contribution is -2.35. The molecule has 1 aliphatic heterocycles. The molecule has 1 N–H and O–H groups in total. The van der Waals surface area contributed by atoms with Crippen molar-refractivity contribution in [2.45, 2.75) is 19.5 Å². The summed E-state index contributed by atoms with van der Waals surface area (Å²) in [5.74, 6) is 1.68. The molecule has 0 aliphatic carbocycles. The highest BCUT2D eigenvalue weighted by atomic mass is 16.5. The van der Waals surface area contributed by atoms with Gasteiger partial charge in [0.2, 0.25) is 11.8 Å². The minimum absolute atomic E-state index is 0.0756. The van der Waals surface area contributed by atoms with Gasteiger partial charge in [0, 0.05) is 43.2 Å². The third-order valence-corrected chi connectivity index (χ3v) is 4.90. The molecule has 0 fully saturated rings. The van der Waals surface area contributed by atoms with Crippen LogP contribution in [-0.2, 0) is 19.5 Å². The van der Waals surface area contributed by atoms with Crippen LogP contribution in [0.1, 0.15) is 16.8 Å². The van der Waals surface area contributed by atoms with Crippen molar-refractivity contribution < 1.29 is 9.47 Å². The molecule has 0 bridgehead atoms. The average Bonchev–Trinajstić information content (AvgIpc) is 2.75. The molecule has 28 heavy (non-hydrogen) atoms. The Hall–Kier alpha value is -3.19. The van der Waals surface area contributed by atoms with E-state index < -0.39 is 0 Å². The Balaban J connectivity index is 1.57. The zero-order chi connectivity index (χ0) is 19.5. The number of nitrogens with zero attached hydrogens (tertiary/aromatic N) is 3. The van der Waals surface area contributed by atoms with Crippen molar-refractivity contribution >= 4 is 0 Å². The number of hydrogen-bond donors (Lipinski definition) is 1. The summed E-state index contributed by atoms with van der Waals surface area (Å²) < 4.78 is 10.5. The van der Waals surface area contributed by atoms with Gasteiger partial charge in [0.1, 0.15) is 5.82 Å². The van der Waals surface area contributed by atoms with Gasteiger partial charge in [0.05, 0.1) is 25.5 Å². The van der Waals surface area contributed by atoms with Gasteiger partial charge in [-0.2, -0.15) is 4.98 Å². The summed E-state index contributed by atoms with van der Waals surface area (Å²) in [5.41, 5.74) is 3.40. The van der Waals surface area contributed by atoms with E-state index in [2.05, 4.69) is 14.9 Å². The van der Waals surface area contributed by atoms with Gasteiger partial charge >= 0.3 is 0 Å². The van der Waals surface area contributed by atoms with Gasteiger partial charge in [-0.3, -0.25) is 9.69 Å². The van der Waals surface area contributed by atoms with Gasteiger partial charge in [0.15, 0.2) is 0 Å². The number of benzene rings is 1. The van der Waals surface area contributed by atoms with E-state index in [0.29, 0.717) is 30.7 Å². The van der Waals surface area contributed by atoms with E-state index >= 15 is 0 Å². The van der Waals surface area contributed by atoms with E-state index in [1.54, 1.807) is 14.2 Å². The minimum atomic E-state index is -0.0756. The Kier molecular flexibility index (Phi) is 5.08. The predicted octanol–water partition coefficient (Wildman–Crippen LogP) is 2.41. The van der Waals surface area contributed by atoms with E-state index in [9.17, 15) is 4.79 Å². The Bertz CT molecular complexity index is 1030. The largest absolute Gasteiger partial charge is 0.481 e. The third-order valence-electron chi connectivity index (χ3n) is 4.90. The summed E-state index contributed by atoms with van der Waals surface area (Å²) in [6.07, 6.45) is 0.727. The molecular formula is C21H22N4O3. The zero-order valence-electron chi connectivity index (χ0n) is 15.9. The molecule has 144 valence electrons. The lowest BCUT2D eigenvalue weighted by molar-refractivity contribution is 0.236. The molecule has 0 radical (unpaired) electrons. The van der Waals surface area contributed by atoms with Gasteiger partial charge in [0.25, 0.3) is 5.56 Å². The molecule has 2 aromatic heterocycles. The number of pyridine rings is 1. The quantitative estimate of drug-likeness (QED) is 0.734. The fourth-order valence-corrected chi connectivity index (χ4v) is 3.45. The lowest BCUT2D eigenvalue weighted by Gasteiger charge is -2.28. The van der Waals surface area contributed by atoms with Gasteiger partial charge in [-0.25, -0.2) is 4.98 Å². The molecule has 0 saturated carbocycles. The first-order valence-corrected chi connectivity index (χ1v) is 9.15. The standard InChI is InChI=1S/C21H22N4O3/c1-27-18-9-8-15(21(23-18)28-2)12-25-11-10-17-16(13-25)20(26)24-19(22-17)14-6-4-3-5-7-14/h3-9H,10-13H2,1-2H3,(H,22,24,26). The molecule has 3 aromatic rings. The summed E-state index contributed by atoms with van der Waals surface area (Å²) in [4.78, 5) is 26.9. The van der Waals surface area contributed by atoms with Crippen LogP contribution in [0.3, 0.4) is 0 Å². The van der Waals surface area contributed by atoms with Crippen LogP contribution in [0.15, 0.2) is 47.3 Å². The van der Waals surface area contributed by atoms with Crippen LogP contribution in [0, 0.1) is 0 Å². The summed E-state index contributed by atoms with van der Waals surface area (Å²) >= 11 is 0. The molecule has 0 unspecified atom stereocenters. The number of H-pyrrole nitrogens is 1. The van der Waals surface area contributed by atoms with Crippen molar-refractivity contribution in [2.24, 2.45) is 0 Å². The first kappa shape index (κ1) is 18.2. The van der Waals surface area contributed by atoms with E-state index in [0.717, 1.165) is 35.3 Å². The second-order valence-corrected chi connectivity index (χ2v) is 6.69. The Morgan fingerprint density at radius 2 is 1.89 bits per heavy atom. The van der Waals surface area contributed by atoms with Crippen LogP contribution < -0.4 is 15.0 Å². The Labute approximate surface area is 163 Å². The molecule has 4 rings (SSSR count). The van der Waals surface area contributed by atoms with Crippen LogP contribution in [0.25, 0.3) is 11.4 Å². The molecule has 7 nitrogen and oxygen atoms in total. The molecular weight excluding hydrogens is 356 g/mol. The Morgan fingerprint density at radius 3 is 2.64 bits per heavy atom. The van der Waals surface area contributed by atoms with E-state index in [1.807, 2.05) is 42.5 Å². The minimum Gasteiger partial charge on any atom is -0.481 e. The van der Waals surface area contributed by atoms with Crippen molar-refractivity contribution in [3.8, 4) is 23.1 Å². The third kappa shape index (κ3) is 3.61. The fourth-order valence-electron chi connectivity index (χ4n) is 3.45. The zero-order valence-corrected chi connectivity index (χ0v) is 15.9. The van der Waals surface area contributed by atoms with Crippen LogP contribution >= 0.6 is 0 Å². The highest BCUT2D eigenvalue weighted by Crippen LogP contribution is 2.24. The first-order valence-electron chi connectivity index (χ1n) is 9.15. The molecule has 7 heteroatoms. The molecule has 0 saturated heterocycles. The van der Waals surface area contributed by atoms with Gasteiger partial charge in [-0.05, 0) is 6.07 Å². The molecule has 1 aliphatic rings. The number of nitrogens with one attached hydrogen (secondary N) is 1. The summed E-state index contributed by atoms with van der Waals surface area (Å²) in [6, 6.07) is 13.5. The summed E-state index contributed by atoms with van der Waals surface area (Å²) in [5, 5.41) is 0. The number of methoxy groups -OCH3 is 2. The monoisotopic (exact) mass is 378 g/mol. The number of ether oxygens (including phenoxy) is 2. The van der Waals surface area contributed by atoms with E-state index in [4.69, 9.17) is 14.5 Å². The molecule has 0 spiro atoms. The number of hydrogen-bond acceptors (Lipinski definition) is 6. The normalized spacial score (nSPS) is 13.8. The lowest BCUT2D eigenvalue weighted by atomic mass is 10.1. The van der Waals surface area contributed by atoms with Gasteiger partial charge in [-0.15, -0.1) is 0 Å². The fraction of sp³-hybridized carbons (Fsp3) is 0.286. The molecule has 0 amide bonds. The molecule has 3 heterocycles. The summed E-state index contributed by atoms with van der Waals surface area (Å²) in [6.45, 7) is 1.99. The van der Waals surface area contributed by atoms with Crippen LogP contribution in [0.2, 0.25) is 0 Å². The summed E-state index contributed by atoms with van der Waals surface area (Å²) in [7, 11) is 3.17. The van der Waals surface area contributed by atoms with Gasteiger partial charge in [-0.1, -0.05) is 30.3 Å². The maximum Gasteiger partial charge on any atom is 0.255 e. The number of aromatic nitrogens is 3. The van der Waals surface area contributed by atoms with Crippen molar-refractivity contribution in [1.29, 1.82) is 0 Å². The van der Waals surface area contributed by atoms with Crippen molar-refractivity contribution in [1.82, 2.24) is 19.9 Å². The number of aromatic amines is 1. The van der Waals surface area contributed by atoms with Crippen molar-refractivity contribution in [3.05, 3.63) is 69.6 Å². The van der Waals surface area contributed by atoms with E-state index in [-0.39, 0.29) is 5.56 Å². The highest BCUT2D eigenvalue weighted by molar-refractivity contribution is 5.54. The molecule has 0 atom stereocenters. The maximum absolute atomic E-state index is 12.7. The SMILES string of the molecule is COc1ccc(CN2CCc3nc(-c4ccccc4)[nH]c(=O)c3C2)c(OC)n1. The number of rotatable bonds is 5. The maximum atomic E-state index is 12.7. The van der Waals surface area contributed by atoms with Crippen molar-refractivity contribution in [3.63, 3.8) is 0 Å².